The maximum absolute atomic E-state index is 13.8. The number of hydrogen-bond donors (Lipinski definition) is 1. The van der Waals surface area contributed by atoms with E-state index in [1.54, 1.807) is 24.5 Å². The monoisotopic (exact) mass is 326 g/mol. The minimum Gasteiger partial charge on any atom is -0.311 e. The molecule has 2 aromatic heterocycles. The first kappa shape index (κ1) is 16.1. The number of hydrogen-bond acceptors (Lipinski definition) is 3. The first-order valence-corrected chi connectivity index (χ1v) is 7.60. The minimum absolute atomic E-state index is 0.0977. The molecule has 0 aliphatic rings. The summed E-state index contributed by atoms with van der Waals surface area (Å²) in [6.07, 6.45) is 3.48. The molecule has 1 atom stereocenters. The van der Waals surface area contributed by atoms with Crippen molar-refractivity contribution < 1.29 is 8.78 Å². The van der Waals surface area contributed by atoms with Gasteiger partial charge in [0.15, 0.2) is 0 Å². The fourth-order valence-corrected chi connectivity index (χ4v) is 2.66. The summed E-state index contributed by atoms with van der Waals surface area (Å²) in [5.74, 6) is -1.20. The number of nitrogens with one attached hydrogen (secondary N) is 1. The van der Waals surface area contributed by atoms with Crippen molar-refractivity contribution in [1.29, 1.82) is 5.26 Å². The van der Waals surface area contributed by atoms with Gasteiger partial charge in [-0.1, -0.05) is 13.0 Å². The molecular formula is C18H16F2N4. The SMILES string of the molecule is CC(CNCc1cnc2ccc(C#N)cn12)c1ccc(F)cc1F. The zero-order chi connectivity index (χ0) is 17.1. The maximum atomic E-state index is 13.8. The molecule has 0 bridgehead atoms. The number of imidazole rings is 1. The Bertz CT molecular complexity index is 911. The van der Waals surface area contributed by atoms with E-state index in [0.29, 0.717) is 24.2 Å². The van der Waals surface area contributed by atoms with Gasteiger partial charge < -0.3 is 9.72 Å². The van der Waals surface area contributed by atoms with E-state index < -0.39 is 11.6 Å². The molecule has 0 fully saturated rings. The van der Waals surface area contributed by atoms with Gasteiger partial charge in [-0.3, -0.25) is 0 Å². The minimum atomic E-state index is -0.574. The van der Waals surface area contributed by atoms with Crippen molar-refractivity contribution in [3.05, 3.63) is 71.2 Å². The molecule has 0 aliphatic heterocycles. The summed E-state index contributed by atoms with van der Waals surface area (Å²) in [5, 5.41) is 12.2. The Balaban J connectivity index is 1.67. The number of halogens is 2. The second-order valence-corrected chi connectivity index (χ2v) is 5.71. The zero-order valence-corrected chi connectivity index (χ0v) is 13.1. The molecule has 3 rings (SSSR count). The molecule has 0 spiro atoms. The highest BCUT2D eigenvalue weighted by atomic mass is 19.1. The number of nitriles is 1. The second-order valence-electron chi connectivity index (χ2n) is 5.71. The number of rotatable bonds is 5. The third-order valence-electron chi connectivity index (χ3n) is 3.96. The Morgan fingerprint density at radius 2 is 2.12 bits per heavy atom. The van der Waals surface area contributed by atoms with Crippen LogP contribution in [-0.2, 0) is 6.54 Å². The highest BCUT2D eigenvalue weighted by molar-refractivity contribution is 5.44. The maximum Gasteiger partial charge on any atom is 0.137 e. The van der Waals surface area contributed by atoms with Crippen LogP contribution in [0.15, 0.2) is 42.7 Å². The van der Waals surface area contributed by atoms with Gasteiger partial charge in [0.2, 0.25) is 0 Å². The lowest BCUT2D eigenvalue weighted by Crippen LogP contribution is -2.21. The zero-order valence-electron chi connectivity index (χ0n) is 13.1. The first-order chi connectivity index (χ1) is 11.6. The van der Waals surface area contributed by atoms with E-state index in [-0.39, 0.29) is 5.92 Å². The summed E-state index contributed by atoms with van der Waals surface area (Å²) in [6.45, 7) is 2.95. The Morgan fingerprint density at radius 1 is 1.29 bits per heavy atom. The molecule has 0 amide bonds. The molecule has 6 heteroatoms. The standard InChI is InChI=1S/C18H16F2N4/c1-12(16-4-3-14(19)6-17(16)20)8-22-9-15-10-23-18-5-2-13(7-21)11-24(15)18/h2-6,10-12,22H,8-9H2,1H3. The summed E-state index contributed by atoms with van der Waals surface area (Å²) in [7, 11) is 0. The molecule has 2 heterocycles. The average molecular weight is 326 g/mol. The number of nitrogens with zero attached hydrogens (tertiary/aromatic N) is 3. The molecule has 0 saturated carbocycles. The Morgan fingerprint density at radius 3 is 2.88 bits per heavy atom. The van der Waals surface area contributed by atoms with E-state index in [4.69, 9.17) is 5.26 Å². The van der Waals surface area contributed by atoms with Crippen molar-refractivity contribution in [1.82, 2.24) is 14.7 Å². The number of pyridine rings is 1. The summed E-state index contributed by atoms with van der Waals surface area (Å²) in [4.78, 5) is 4.29. The molecule has 24 heavy (non-hydrogen) atoms. The van der Waals surface area contributed by atoms with Gasteiger partial charge in [-0.15, -0.1) is 0 Å². The van der Waals surface area contributed by atoms with Gasteiger partial charge in [0.05, 0.1) is 17.5 Å². The fraction of sp³-hybridized carbons (Fsp3) is 0.222. The lowest BCUT2D eigenvalue weighted by Gasteiger charge is -2.14. The van der Waals surface area contributed by atoms with Gasteiger partial charge in [0.25, 0.3) is 0 Å². The van der Waals surface area contributed by atoms with E-state index in [1.165, 1.54) is 12.1 Å². The summed E-state index contributed by atoms with van der Waals surface area (Å²) in [5.41, 5.74) is 2.72. The van der Waals surface area contributed by atoms with Crippen LogP contribution in [0.1, 0.15) is 29.7 Å². The van der Waals surface area contributed by atoms with Gasteiger partial charge in [0, 0.05) is 25.4 Å². The van der Waals surface area contributed by atoms with Gasteiger partial charge in [-0.25, -0.2) is 13.8 Å². The Labute approximate surface area is 138 Å². The van der Waals surface area contributed by atoms with Crippen LogP contribution in [0.25, 0.3) is 5.65 Å². The molecule has 1 N–H and O–H groups in total. The predicted octanol–water partition coefficient (Wildman–Crippen LogP) is 3.38. The molecule has 0 radical (unpaired) electrons. The van der Waals surface area contributed by atoms with Crippen LogP contribution < -0.4 is 5.32 Å². The van der Waals surface area contributed by atoms with Crippen LogP contribution in [0.3, 0.4) is 0 Å². The third kappa shape index (κ3) is 3.26. The van der Waals surface area contributed by atoms with Gasteiger partial charge in [0.1, 0.15) is 23.4 Å². The molecule has 1 unspecified atom stereocenters. The molecule has 3 aromatic rings. The summed E-state index contributed by atoms with van der Waals surface area (Å²) >= 11 is 0. The molecular weight excluding hydrogens is 310 g/mol. The van der Waals surface area contributed by atoms with Crippen LogP contribution in [-0.4, -0.2) is 15.9 Å². The van der Waals surface area contributed by atoms with E-state index in [0.717, 1.165) is 17.4 Å². The largest absolute Gasteiger partial charge is 0.311 e. The van der Waals surface area contributed by atoms with Gasteiger partial charge in [-0.2, -0.15) is 5.26 Å². The predicted molar refractivity (Wildman–Crippen MR) is 86.4 cm³/mol. The smallest absolute Gasteiger partial charge is 0.137 e. The van der Waals surface area contributed by atoms with E-state index in [2.05, 4.69) is 16.4 Å². The number of fused-ring (bicyclic) bond motifs is 1. The van der Waals surface area contributed by atoms with Crippen LogP contribution in [0.2, 0.25) is 0 Å². The van der Waals surface area contributed by atoms with Crippen molar-refractivity contribution in [2.24, 2.45) is 0 Å². The lowest BCUT2D eigenvalue weighted by atomic mass is 10.0. The van der Waals surface area contributed by atoms with Crippen molar-refractivity contribution in [3.63, 3.8) is 0 Å². The third-order valence-corrected chi connectivity index (χ3v) is 3.96. The molecule has 0 saturated heterocycles. The average Bonchev–Trinajstić information content (AvgIpc) is 2.97. The molecule has 4 nitrogen and oxygen atoms in total. The fourth-order valence-electron chi connectivity index (χ4n) is 2.66. The Hall–Kier alpha value is -2.78. The topological polar surface area (TPSA) is 53.1 Å². The van der Waals surface area contributed by atoms with E-state index >= 15 is 0 Å². The van der Waals surface area contributed by atoms with Crippen LogP contribution in [0.5, 0.6) is 0 Å². The van der Waals surface area contributed by atoms with Crippen molar-refractivity contribution in [3.8, 4) is 6.07 Å². The van der Waals surface area contributed by atoms with Crippen molar-refractivity contribution >= 4 is 5.65 Å². The van der Waals surface area contributed by atoms with Crippen molar-refractivity contribution in [2.75, 3.05) is 6.54 Å². The van der Waals surface area contributed by atoms with E-state index in [9.17, 15) is 8.78 Å². The highest BCUT2D eigenvalue weighted by Crippen LogP contribution is 2.19. The second kappa shape index (κ2) is 6.77. The number of benzene rings is 1. The normalized spacial score (nSPS) is 12.2. The Kier molecular flexibility index (Phi) is 4.54. The van der Waals surface area contributed by atoms with E-state index in [1.807, 2.05) is 11.3 Å². The summed E-state index contributed by atoms with van der Waals surface area (Å²) in [6, 6.07) is 9.26. The van der Waals surface area contributed by atoms with Crippen molar-refractivity contribution in [2.45, 2.75) is 19.4 Å². The van der Waals surface area contributed by atoms with Crippen LogP contribution in [0.4, 0.5) is 8.78 Å². The number of aromatic nitrogens is 2. The van der Waals surface area contributed by atoms with Crippen LogP contribution >= 0.6 is 0 Å². The highest BCUT2D eigenvalue weighted by Gasteiger charge is 2.12. The molecule has 1 aromatic carbocycles. The summed E-state index contributed by atoms with van der Waals surface area (Å²) < 4.78 is 28.6. The molecule has 122 valence electrons. The lowest BCUT2D eigenvalue weighted by molar-refractivity contribution is 0.541. The van der Waals surface area contributed by atoms with Gasteiger partial charge >= 0.3 is 0 Å². The van der Waals surface area contributed by atoms with Gasteiger partial charge in [-0.05, 0) is 29.7 Å². The molecule has 0 aliphatic carbocycles. The first-order valence-electron chi connectivity index (χ1n) is 7.60. The quantitative estimate of drug-likeness (QED) is 0.782. The van der Waals surface area contributed by atoms with Crippen LogP contribution in [0, 0.1) is 23.0 Å².